The molecule has 6 aliphatic carbocycles. The molecule has 41 heavy (non-hydrogen) atoms. The van der Waals surface area contributed by atoms with Crippen molar-refractivity contribution < 1.29 is 29.3 Å². The first-order valence-electron chi connectivity index (χ1n) is 16.6. The fourth-order valence-electron chi connectivity index (χ4n) is 13.1. The van der Waals surface area contributed by atoms with Crippen LogP contribution in [0.3, 0.4) is 0 Å². The van der Waals surface area contributed by atoms with Crippen LogP contribution in [-0.4, -0.2) is 34.2 Å². The molecule has 0 aliphatic heterocycles. The third kappa shape index (κ3) is 3.63. The van der Waals surface area contributed by atoms with E-state index in [0.717, 1.165) is 64.2 Å². The highest BCUT2D eigenvalue weighted by atomic mass is 16.5. The first-order valence-corrected chi connectivity index (χ1v) is 16.6. The summed E-state index contributed by atoms with van der Waals surface area (Å²) in [6.07, 6.45) is 11.6. The highest BCUT2D eigenvalue weighted by Crippen LogP contribution is 2.77. The lowest BCUT2D eigenvalue weighted by Gasteiger charge is -2.72. The van der Waals surface area contributed by atoms with Crippen LogP contribution in [0.1, 0.15) is 126 Å². The van der Waals surface area contributed by atoms with Gasteiger partial charge in [0.05, 0.1) is 17.3 Å². The summed E-state index contributed by atoms with van der Waals surface area (Å²) in [6.45, 7) is 16.1. The van der Waals surface area contributed by atoms with Gasteiger partial charge in [-0.3, -0.25) is 14.4 Å². The molecule has 0 aromatic heterocycles. The number of carboxylic acid groups (broad SMARTS) is 2. The van der Waals surface area contributed by atoms with E-state index in [0.29, 0.717) is 30.1 Å². The molecule has 0 amide bonds. The minimum atomic E-state index is -0.818. The van der Waals surface area contributed by atoms with E-state index >= 15 is 0 Å². The molecule has 6 nitrogen and oxygen atoms in total. The fraction of sp³-hybridized carbons (Fsp3) is 0.914. The van der Waals surface area contributed by atoms with Crippen molar-refractivity contribution in [1.29, 1.82) is 0 Å². The van der Waals surface area contributed by atoms with Gasteiger partial charge < -0.3 is 14.9 Å². The Morgan fingerprint density at radius 1 is 0.659 bits per heavy atom. The van der Waals surface area contributed by atoms with Crippen LogP contribution in [-0.2, 0) is 19.1 Å². The van der Waals surface area contributed by atoms with Crippen LogP contribution < -0.4 is 0 Å². The Balaban J connectivity index is 1.23. The van der Waals surface area contributed by atoms with E-state index in [1.807, 2.05) is 13.8 Å². The van der Waals surface area contributed by atoms with Crippen molar-refractivity contribution in [2.24, 2.45) is 68.0 Å². The van der Waals surface area contributed by atoms with Crippen molar-refractivity contribution in [1.82, 2.24) is 0 Å². The summed E-state index contributed by atoms with van der Waals surface area (Å²) < 4.78 is 6.33. The molecule has 6 saturated carbocycles. The quantitative estimate of drug-likeness (QED) is 0.338. The maximum Gasteiger partial charge on any atom is 0.309 e. The number of carbonyl (C=O) groups is 3. The second-order valence-corrected chi connectivity index (χ2v) is 17.4. The third-order valence-electron chi connectivity index (χ3n) is 15.8. The average molecular weight is 571 g/mol. The lowest BCUT2D eigenvalue weighted by atomic mass is 9.32. The zero-order valence-electron chi connectivity index (χ0n) is 26.6. The summed E-state index contributed by atoms with van der Waals surface area (Å²) >= 11 is 0. The normalized spacial score (nSPS) is 51.1. The Bertz CT molecular complexity index is 1140. The third-order valence-corrected chi connectivity index (χ3v) is 15.8. The van der Waals surface area contributed by atoms with Gasteiger partial charge >= 0.3 is 17.9 Å². The van der Waals surface area contributed by atoms with Gasteiger partial charge in [0.15, 0.2) is 0 Å². The van der Waals surface area contributed by atoms with Crippen molar-refractivity contribution in [2.75, 3.05) is 0 Å². The standard InChI is InChI=1S/C35H54O6/c1-30(2)22(27(36)37)19-23(30)28(38)41-26-13-15-32(5)24(31(26,3)4)12-16-34(7)25(32)11-10-20-21-9-8-14-35(21,29(39)40)18-17-33(20,34)6/h20-26H,8-19H2,1-7H3,(H,36,37)(H,39,40)/t20?,21?,22?,23?,24?,25?,26-,32-,33+,34+,35-/m0/s1. The molecular weight excluding hydrogens is 516 g/mol. The molecule has 6 rings (SSSR count). The number of rotatable bonds is 4. The molecular formula is C35H54O6. The van der Waals surface area contributed by atoms with Gasteiger partial charge in [0.25, 0.3) is 0 Å². The Hall–Kier alpha value is -1.59. The molecule has 0 bridgehead atoms. The Morgan fingerprint density at radius 3 is 2.00 bits per heavy atom. The Kier molecular flexibility index (Phi) is 6.45. The molecule has 11 atom stereocenters. The van der Waals surface area contributed by atoms with Crippen LogP contribution in [0.15, 0.2) is 0 Å². The van der Waals surface area contributed by atoms with Crippen LogP contribution in [0.5, 0.6) is 0 Å². The molecule has 6 aliphatic rings. The van der Waals surface area contributed by atoms with Gasteiger partial charge in [0.1, 0.15) is 6.10 Å². The van der Waals surface area contributed by atoms with Crippen LogP contribution in [0, 0.1) is 68.0 Å². The Morgan fingerprint density at radius 2 is 1.37 bits per heavy atom. The van der Waals surface area contributed by atoms with Crippen LogP contribution in [0.2, 0.25) is 0 Å². The van der Waals surface area contributed by atoms with Crippen LogP contribution >= 0.6 is 0 Å². The number of aliphatic carboxylic acids is 2. The van der Waals surface area contributed by atoms with Crippen LogP contribution in [0.25, 0.3) is 0 Å². The lowest BCUT2D eigenvalue weighted by molar-refractivity contribution is -0.250. The van der Waals surface area contributed by atoms with Gasteiger partial charge in [-0.25, -0.2) is 0 Å². The first kappa shape index (κ1) is 29.5. The van der Waals surface area contributed by atoms with E-state index in [1.54, 1.807) is 0 Å². The molecule has 0 heterocycles. The largest absolute Gasteiger partial charge is 0.481 e. The topological polar surface area (TPSA) is 101 Å². The van der Waals surface area contributed by atoms with Gasteiger partial charge in [-0.2, -0.15) is 0 Å². The fourth-order valence-corrected chi connectivity index (χ4v) is 13.1. The summed E-state index contributed by atoms with van der Waals surface area (Å²) in [5, 5.41) is 19.9. The molecule has 0 saturated heterocycles. The number of carbonyl (C=O) groups excluding carboxylic acids is 1. The van der Waals surface area contributed by atoms with E-state index in [4.69, 9.17) is 4.74 Å². The second kappa shape index (κ2) is 8.97. The van der Waals surface area contributed by atoms with Crippen molar-refractivity contribution >= 4 is 17.9 Å². The molecule has 0 aromatic carbocycles. The molecule has 0 radical (unpaired) electrons. The number of esters is 1. The number of hydrogen-bond donors (Lipinski definition) is 2. The van der Waals surface area contributed by atoms with Crippen molar-refractivity contribution in [3.8, 4) is 0 Å². The van der Waals surface area contributed by atoms with Gasteiger partial charge in [-0.1, -0.05) is 54.9 Å². The summed E-state index contributed by atoms with van der Waals surface area (Å²) in [5.74, 6) is -0.530. The van der Waals surface area contributed by atoms with E-state index in [1.165, 1.54) is 6.42 Å². The smallest absolute Gasteiger partial charge is 0.309 e. The second-order valence-electron chi connectivity index (χ2n) is 17.4. The van der Waals surface area contributed by atoms with Crippen molar-refractivity contribution in [3.63, 3.8) is 0 Å². The first-order chi connectivity index (χ1) is 19.0. The number of hydrogen-bond acceptors (Lipinski definition) is 4. The summed E-state index contributed by atoms with van der Waals surface area (Å²) in [6, 6.07) is 0. The van der Waals surface area contributed by atoms with E-state index in [-0.39, 0.29) is 39.7 Å². The average Bonchev–Trinajstić information content (AvgIpc) is 3.31. The van der Waals surface area contributed by atoms with Gasteiger partial charge in [-0.15, -0.1) is 0 Å². The monoisotopic (exact) mass is 570 g/mol. The highest BCUT2D eigenvalue weighted by molar-refractivity contribution is 5.81. The summed E-state index contributed by atoms with van der Waals surface area (Å²) in [7, 11) is 0. The highest BCUT2D eigenvalue weighted by Gasteiger charge is 2.71. The molecule has 6 heteroatoms. The van der Waals surface area contributed by atoms with Gasteiger partial charge in [0.2, 0.25) is 0 Å². The maximum atomic E-state index is 13.4. The number of ether oxygens (including phenoxy) is 1. The van der Waals surface area contributed by atoms with Crippen molar-refractivity contribution in [2.45, 2.75) is 132 Å². The van der Waals surface area contributed by atoms with Crippen LogP contribution in [0.4, 0.5) is 0 Å². The molecule has 6 fully saturated rings. The Labute approximate surface area is 246 Å². The summed E-state index contributed by atoms with van der Waals surface area (Å²) in [4.78, 5) is 37.6. The van der Waals surface area contributed by atoms with Gasteiger partial charge in [0, 0.05) is 5.41 Å². The van der Waals surface area contributed by atoms with E-state index in [2.05, 4.69) is 34.6 Å². The van der Waals surface area contributed by atoms with Gasteiger partial charge in [-0.05, 0) is 116 Å². The zero-order valence-corrected chi connectivity index (χ0v) is 26.6. The summed E-state index contributed by atoms with van der Waals surface area (Å²) in [5.41, 5.74) is -0.698. The minimum absolute atomic E-state index is 0.145. The molecule has 0 spiro atoms. The van der Waals surface area contributed by atoms with Crippen molar-refractivity contribution in [3.05, 3.63) is 0 Å². The molecule has 6 unspecified atom stereocenters. The predicted molar refractivity (Wildman–Crippen MR) is 156 cm³/mol. The maximum absolute atomic E-state index is 13.4. The predicted octanol–water partition coefficient (Wildman–Crippen LogP) is 7.59. The number of carboxylic acids is 2. The van der Waals surface area contributed by atoms with E-state index in [9.17, 15) is 24.6 Å². The number of fused-ring (bicyclic) bond motifs is 7. The molecule has 2 N–H and O–H groups in total. The zero-order chi connectivity index (χ0) is 30.0. The molecule has 0 aromatic rings. The lowest BCUT2D eigenvalue weighted by Crippen LogP contribution is -2.67. The molecule has 230 valence electrons. The minimum Gasteiger partial charge on any atom is -0.481 e. The van der Waals surface area contributed by atoms with E-state index < -0.39 is 28.7 Å². The SMILES string of the molecule is CC1(C)C(C(=O)O)CC1C(=O)O[C@H]1CC[C@@]2(C)C(CC[C@]3(C)C2CCC2C4CCC[C@]4(C(=O)O)CC[C@]23C)C1(C)C.